The second-order valence-electron chi connectivity index (χ2n) is 8.49. The van der Waals surface area contributed by atoms with Gasteiger partial charge in [0.25, 0.3) is 0 Å². The van der Waals surface area contributed by atoms with E-state index in [2.05, 4.69) is 36.7 Å². The number of ether oxygens (including phenoxy) is 1. The zero-order valence-corrected chi connectivity index (χ0v) is 20.9. The molecule has 1 aromatic carbocycles. The molecule has 192 valence electrons. The van der Waals surface area contributed by atoms with Crippen molar-refractivity contribution < 1.29 is 28.3 Å². The number of hydrogen-bond donors (Lipinski definition) is 4. The standard InChI is InChI=1S/C20H29FN4O5.C4H10/c1-4-13(18(27)23-2)10-16(20(29)30-3)25-17(26)11-24-19(28)15(22)9-12-5-7-14(21)8-6-12;1-4(2)3/h5-8,13,15-16H,4,9-11,22H2,1-3H3,(H,23,27)(H,24,28)(H,25,26);4H,1-3H3. The Bertz CT molecular complexity index is 783. The predicted molar refractivity (Wildman–Crippen MR) is 128 cm³/mol. The lowest BCUT2D eigenvalue weighted by molar-refractivity contribution is -0.145. The number of nitrogens with two attached hydrogens (primary N) is 1. The molecule has 1 rings (SSSR count). The quantitative estimate of drug-likeness (QED) is 0.351. The molecule has 0 aliphatic rings. The van der Waals surface area contributed by atoms with Crippen LogP contribution in [0.3, 0.4) is 0 Å². The van der Waals surface area contributed by atoms with Gasteiger partial charge in [-0.3, -0.25) is 14.4 Å². The highest BCUT2D eigenvalue weighted by atomic mass is 19.1. The molecule has 0 spiro atoms. The van der Waals surface area contributed by atoms with Crippen molar-refractivity contribution in [3.05, 3.63) is 35.6 Å². The van der Waals surface area contributed by atoms with E-state index in [0.717, 1.165) is 5.92 Å². The van der Waals surface area contributed by atoms with Gasteiger partial charge in [0.05, 0.1) is 19.7 Å². The summed E-state index contributed by atoms with van der Waals surface area (Å²) >= 11 is 0. The number of esters is 1. The molecular weight excluding hydrogens is 443 g/mol. The molecule has 10 heteroatoms. The number of nitrogens with one attached hydrogen (secondary N) is 3. The number of carbonyl (C=O) groups is 4. The molecule has 5 N–H and O–H groups in total. The number of carbonyl (C=O) groups excluding carboxylic acids is 4. The van der Waals surface area contributed by atoms with E-state index >= 15 is 0 Å². The van der Waals surface area contributed by atoms with E-state index in [1.165, 1.54) is 38.4 Å². The first kappa shape index (κ1) is 31.0. The van der Waals surface area contributed by atoms with Gasteiger partial charge in [-0.25, -0.2) is 9.18 Å². The highest BCUT2D eigenvalue weighted by Crippen LogP contribution is 2.12. The van der Waals surface area contributed by atoms with Gasteiger partial charge >= 0.3 is 5.97 Å². The summed E-state index contributed by atoms with van der Waals surface area (Å²) < 4.78 is 17.6. The van der Waals surface area contributed by atoms with Gasteiger partial charge in [-0.2, -0.15) is 0 Å². The summed E-state index contributed by atoms with van der Waals surface area (Å²) in [5.74, 6) is -2.18. The molecule has 0 radical (unpaired) electrons. The summed E-state index contributed by atoms with van der Waals surface area (Å²) in [6, 6.07) is 3.61. The van der Waals surface area contributed by atoms with E-state index in [-0.39, 0.29) is 18.7 Å². The minimum atomic E-state index is -1.03. The van der Waals surface area contributed by atoms with Crippen LogP contribution in [-0.4, -0.2) is 56.5 Å². The maximum absolute atomic E-state index is 12.9. The Morgan fingerprint density at radius 1 is 1.06 bits per heavy atom. The molecule has 0 aromatic heterocycles. The van der Waals surface area contributed by atoms with Crippen molar-refractivity contribution in [2.45, 2.75) is 59.0 Å². The summed E-state index contributed by atoms with van der Waals surface area (Å²) in [6.07, 6.45) is 0.702. The highest BCUT2D eigenvalue weighted by molar-refractivity contribution is 5.90. The van der Waals surface area contributed by atoms with Crippen molar-refractivity contribution in [2.75, 3.05) is 20.7 Å². The Kier molecular flexibility index (Phi) is 15.1. The van der Waals surface area contributed by atoms with Crippen molar-refractivity contribution >= 4 is 23.7 Å². The lowest BCUT2D eigenvalue weighted by atomic mass is 9.96. The van der Waals surface area contributed by atoms with E-state index in [0.29, 0.717) is 12.0 Å². The van der Waals surface area contributed by atoms with Gasteiger partial charge < -0.3 is 26.4 Å². The Hall–Kier alpha value is -3.01. The van der Waals surface area contributed by atoms with E-state index in [4.69, 9.17) is 10.5 Å². The second-order valence-corrected chi connectivity index (χ2v) is 8.49. The third-order valence-corrected chi connectivity index (χ3v) is 4.58. The summed E-state index contributed by atoms with van der Waals surface area (Å²) in [5.41, 5.74) is 6.50. The van der Waals surface area contributed by atoms with Gasteiger partial charge in [0.2, 0.25) is 17.7 Å². The molecule has 3 amide bonds. The molecule has 3 atom stereocenters. The average molecular weight is 483 g/mol. The summed E-state index contributed by atoms with van der Waals surface area (Å²) in [6.45, 7) is 7.89. The van der Waals surface area contributed by atoms with E-state index in [9.17, 15) is 23.6 Å². The monoisotopic (exact) mass is 482 g/mol. The summed E-state index contributed by atoms with van der Waals surface area (Å²) in [7, 11) is 2.67. The SMILES string of the molecule is CC(C)C.CCC(CC(NC(=O)CNC(=O)C(N)Cc1ccc(F)cc1)C(=O)OC)C(=O)NC. The first-order chi connectivity index (χ1) is 15.9. The molecule has 0 saturated heterocycles. The molecule has 0 bridgehead atoms. The fourth-order valence-corrected chi connectivity index (χ4v) is 2.82. The van der Waals surface area contributed by atoms with Crippen LogP contribution >= 0.6 is 0 Å². The van der Waals surface area contributed by atoms with Gasteiger partial charge in [0.1, 0.15) is 11.9 Å². The van der Waals surface area contributed by atoms with Crippen molar-refractivity contribution in [3.8, 4) is 0 Å². The van der Waals surface area contributed by atoms with E-state index in [1.807, 2.05) is 0 Å². The van der Waals surface area contributed by atoms with Crippen LogP contribution in [0, 0.1) is 17.7 Å². The molecule has 0 fully saturated rings. The smallest absolute Gasteiger partial charge is 0.328 e. The van der Waals surface area contributed by atoms with Gasteiger partial charge in [0.15, 0.2) is 0 Å². The van der Waals surface area contributed by atoms with Crippen molar-refractivity contribution in [2.24, 2.45) is 17.6 Å². The summed E-state index contributed by atoms with van der Waals surface area (Å²) in [4.78, 5) is 48.1. The van der Waals surface area contributed by atoms with Crippen LogP contribution in [0.4, 0.5) is 4.39 Å². The second kappa shape index (κ2) is 16.6. The number of hydrogen-bond acceptors (Lipinski definition) is 6. The number of methoxy groups -OCH3 is 1. The van der Waals surface area contributed by atoms with Gasteiger partial charge in [-0.15, -0.1) is 0 Å². The number of benzene rings is 1. The van der Waals surface area contributed by atoms with Crippen LogP contribution in [0.15, 0.2) is 24.3 Å². The molecule has 9 nitrogen and oxygen atoms in total. The Morgan fingerprint density at radius 2 is 1.62 bits per heavy atom. The first-order valence-electron chi connectivity index (χ1n) is 11.3. The van der Waals surface area contributed by atoms with Crippen LogP contribution in [0.2, 0.25) is 0 Å². The van der Waals surface area contributed by atoms with Gasteiger partial charge in [-0.05, 0) is 42.9 Å². The number of halogens is 1. The first-order valence-corrected chi connectivity index (χ1v) is 11.3. The molecule has 0 saturated carbocycles. The van der Waals surface area contributed by atoms with E-state index in [1.54, 1.807) is 6.92 Å². The average Bonchev–Trinajstić information content (AvgIpc) is 2.80. The third kappa shape index (κ3) is 12.9. The lowest BCUT2D eigenvalue weighted by Crippen LogP contribution is -2.50. The van der Waals surface area contributed by atoms with Crippen LogP contribution in [0.1, 0.15) is 46.1 Å². The molecule has 0 aliphatic carbocycles. The zero-order valence-electron chi connectivity index (χ0n) is 20.9. The molecule has 3 unspecified atom stereocenters. The van der Waals surface area contributed by atoms with Crippen molar-refractivity contribution in [3.63, 3.8) is 0 Å². The Morgan fingerprint density at radius 3 is 2.09 bits per heavy atom. The van der Waals surface area contributed by atoms with E-state index < -0.39 is 48.1 Å². The van der Waals surface area contributed by atoms with Gasteiger partial charge in [-0.1, -0.05) is 39.8 Å². The molecular formula is C24H39FN4O5. The number of rotatable bonds is 11. The third-order valence-electron chi connectivity index (χ3n) is 4.58. The summed E-state index contributed by atoms with van der Waals surface area (Å²) in [5, 5.41) is 7.38. The molecule has 0 heterocycles. The minimum Gasteiger partial charge on any atom is -0.467 e. The van der Waals surface area contributed by atoms with Crippen LogP contribution in [0.25, 0.3) is 0 Å². The fourth-order valence-electron chi connectivity index (χ4n) is 2.82. The zero-order chi connectivity index (χ0) is 26.3. The van der Waals surface area contributed by atoms with Gasteiger partial charge in [0, 0.05) is 13.0 Å². The van der Waals surface area contributed by atoms with Crippen LogP contribution in [-0.2, 0) is 30.3 Å². The topological polar surface area (TPSA) is 140 Å². The lowest BCUT2D eigenvalue weighted by Gasteiger charge is -2.21. The van der Waals surface area contributed by atoms with Crippen molar-refractivity contribution in [1.82, 2.24) is 16.0 Å². The normalized spacial score (nSPS) is 13.0. The predicted octanol–water partition coefficient (Wildman–Crippen LogP) is 1.29. The fraction of sp³-hybridized carbons (Fsp3) is 0.583. The molecule has 34 heavy (non-hydrogen) atoms. The maximum Gasteiger partial charge on any atom is 0.328 e. The van der Waals surface area contributed by atoms with Crippen molar-refractivity contribution in [1.29, 1.82) is 0 Å². The van der Waals surface area contributed by atoms with Crippen LogP contribution in [0.5, 0.6) is 0 Å². The number of amides is 3. The Labute approximate surface area is 201 Å². The molecule has 0 aliphatic heterocycles. The Balaban J connectivity index is 0.00000251. The minimum absolute atomic E-state index is 0.0621. The largest absolute Gasteiger partial charge is 0.467 e. The maximum atomic E-state index is 12.9. The highest BCUT2D eigenvalue weighted by Gasteiger charge is 2.28. The molecule has 1 aromatic rings. The van der Waals surface area contributed by atoms with Crippen LogP contribution < -0.4 is 21.7 Å².